The van der Waals surface area contributed by atoms with E-state index in [2.05, 4.69) is 56.2 Å². The van der Waals surface area contributed by atoms with Gasteiger partial charge in [-0.05, 0) is 69.3 Å². The summed E-state index contributed by atoms with van der Waals surface area (Å²) in [6.45, 7) is 4.71. The molecule has 5 heteroatoms. The SMILES string of the molecule is COc1c(Br)cc(CNC2(C)CCCOC2)cc1Br. The molecule has 1 unspecified atom stereocenters. The van der Waals surface area contributed by atoms with Crippen LogP contribution in [0.3, 0.4) is 0 Å². The maximum atomic E-state index is 5.56. The van der Waals surface area contributed by atoms with Gasteiger partial charge in [-0.1, -0.05) is 0 Å². The third-order valence-electron chi connectivity index (χ3n) is 3.42. The molecule has 1 saturated heterocycles. The van der Waals surface area contributed by atoms with Crippen molar-refractivity contribution in [2.75, 3.05) is 20.3 Å². The predicted octanol–water partition coefficient (Wildman–Crippen LogP) is 3.88. The molecule has 0 spiro atoms. The minimum atomic E-state index is 0.0805. The quantitative estimate of drug-likeness (QED) is 0.843. The number of methoxy groups -OCH3 is 1. The molecular formula is C14H19Br2NO2. The molecule has 0 amide bonds. The van der Waals surface area contributed by atoms with E-state index < -0.39 is 0 Å². The van der Waals surface area contributed by atoms with Gasteiger partial charge < -0.3 is 14.8 Å². The first-order valence-electron chi connectivity index (χ1n) is 6.39. The molecule has 0 saturated carbocycles. The first-order valence-corrected chi connectivity index (χ1v) is 7.97. The molecule has 3 nitrogen and oxygen atoms in total. The second-order valence-corrected chi connectivity index (χ2v) is 6.87. The summed E-state index contributed by atoms with van der Waals surface area (Å²) in [5.74, 6) is 0.830. The molecule has 2 rings (SSSR count). The zero-order chi connectivity index (χ0) is 13.9. The van der Waals surface area contributed by atoms with Gasteiger partial charge in [0.1, 0.15) is 5.75 Å². The van der Waals surface area contributed by atoms with Gasteiger partial charge in [0.25, 0.3) is 0 Å². The van der Waals surface area contributed by atoms with Crippen LogP contribution in [0.5, 0.6) is 5.75 Å². The maximum Gasteiger partial charge on any atom is 0.147 e. The molecule has 0 radical (unpaired) electrons. The molecular weight excluding hydrogens is 374 g/mol. The van der Waals surface area contributed by atoms with E-state index in [-0.39, 0.29) is 5.54 Å². The zero-order valence-corrected chi connectivity index (χ0v) is 14.4. The summed E-state index contributed by atoms with van der Waals surface area (Å²) in [5.41, 5.74) is 1.29. The molecule has 1 aliphatic rings. The fourth-order valence-corrected chi connectivity index (χ4v) is 3.90. The van der Waals surface area contributed by atoms with Crippen molar-refractivity contribution >= 4 is 31.9 Å². The van der Waals surface area contributed by atoms with Crippen LogP contribution in [0.4, 0.5) is 0 Å². The molecule has 1 heterocycles. The summed E-state index contributed by atoms with van der Waals surface area (Å²) in [4.78, 5) is 0. The Bertz CT molecular complexity index is 422. The standard InChI is InChI=1S/C14H19Br2NO2/c1-14(4-3-5-19-9-14)17-8-10-6-11(15)13(18-2)12(16)7-10/h6-7,17H,3-5,8-9H2,1-2H3. The van der Waals surface area contributed by atoms with Gasteiger partial charge in [-0.25, -0.2) is 0 Å². The summed E-state index contributed by atoms with van der Waals surface area (Å²) >= 11 is 7.06. The van der Waals surface area contributed by atoms with Crippen molar-refractivity contribution in [3.8, 4) is 5.75 Å². The van der Waals surface area contributed by atoms with Crippen molar-refractivity contribution in [2.24, 2.45) is 0 Å². The fourth-order valence-electron chi connectivity index (χ4n) is 2.30. The Morgan fingerprint density at radius 2 is 2.05 bits per heavy atom. The van der Waals surface area contributed by atoms with E-state index in [9.17, 15) is 0 Å². The second kappa shape index (κ2) is 6.57. The molecule has 1 N–H and O–H groups in total. The summed E-state index contributed by atoms with van der Waals surface area (Å²) in [6.07, 6.45) is 2.28. The van der Waals surface area contributed by atoms with E-state index in [0.29, 0.717) is 0 Å². The third-order valence-corrected chi connectivity index (χ3v) is 4.60. The summed E-state index contributed by atoms with van der Waals surface area (Å²) < 4.78 is 12.8. The number of benzene rings is 1. The van der Waals surface area contributed by atoms with Crippen LogP contribution in [0.25, 0.3) is 0 Å². The van der Waals surface area contributed by atoms with Gasteiger partial charge in [-0.2, -0.15) is 0 Å². The van der Waals surface area contributed by atoms with Crippen LogP contribution >= 0.6 is 31.9 Å². The van der Waals surface area contributed by atoms with Gasteiger partial charge in [0.2, 0.25) is 0 Å². The van der Waals surface area contributed by atoms with Crippen molar-refractivity contribution in [1.82, 2.24) is 5.32 Å². The second-order valence-electron chi connectivity index (χ2n) is 5.16. The molecule has 1 aromatic carbocycles. The molecule has 0 aliphatic carbocycles. The molecule has 1 aliphatic heterocycles. The van der Waals surface area contributed by atoms with E-state index in [4.69, 9.17) is 9.47 Å². The number of nitrogens with one attached hydrogen (secondary N) is 1. The van der Waals surface area contributed by atoms with Crippen LogP contribution in [-0.4, -0.2) is 25.9 Å². The number of halogens is 2. The predicted molar refractivity (Wildman–Crippen MR) is 83.7 cm³/mol. The molecule has 106 valence electrons. The number of rotatable bonds is 4. The molecule has 1 aromatic rings. The first kappa shape index (κ1) is 15.3. The van der Waals surface area contributed by atoms with Gasteiger partial charge in [0.05, 0.1) is 22.7 Å². The van der Waals surface area contributed by atoms with Crippen LogP contribution in [-0.2, 0) is 11.3 Å². The lowest BCUT2D eigenvalue weighted by Crippen LogP contribution is -2.48. The Morgan fingerprint density at radius 3 is 2.58 bits per heavy atom. The normalized spacial score (nSPS) is 23.4. The topological polar surface area (TPSA) is 30.5 Å². The number of hydrogen-bond donors (Lipinski definition) is 1. The smallest absolute Gasteiger partial charge is 0.147 e. The highest BCUT2D eigenvalue weighted by Crippen LogP contribution is 2.34. The molecule has 1 atom stereocenters. The van der Waals surface area contributed by atoms with Crippen molar-refractivity contribution in [3.63, 3.8) is 0 Å². The lowest BCUT2D eigenvalue weighted by atomic mass is 9.94. The van der Waals surface area contributed by atoms with Crippen molar-refractivity contribution in [3.05, 3.63) is 26.6 Å². The molecule has 19 heavy (non-hydrogen) atoms. The fraction of sp³-hybridized carbons (Fsp3) is 0.571. The van der Waals surface area contributed by atoms with E-state index in [1.54, 1.807) is 7.11 Å². The van der Waals surface area contributed by atoms with Crippen molar-refractivity contribution < 1.29 is 9.47 Å². The van der Waals surface area contributed by atoms with Crippen LogP contribution in [0.1, 0.15) is 25.3 Å². The van der Waals surface area contributed by atoms with Crippen LogP contribution in [0.15, 0.2) is 21.1 Å². The van der Waals surface area contributed by atoms with Gasteiger partial charge >= 0.3 is 0 Å². The van der Waals surface area contributed by atoms with Crippen LogP contribution in [0.2, 0.25) is 0 Å². The third kappa shape index (κ3) is 3.94. The van der Waals surface area contributed by atoms with Gasteiger partial charge in [-0.3, -0.25) is 0 Å². The highest BCUT2D eigenvalue weighted by molar-refractivity contribution is 9.11. The summed E-state index contributed by atoms with van der Waals surface area (Å²) in [6, 6.07) is 4.17. The highest BCUT2D eigenvalue weighted by Gasteiger charge is 2.26. The average molecular weight is 393 g/mol. The average Bonchev–Trinajstić information content (AvgIpc) is 2.37. The minimum absolute atomic E-state index is 0.0805. The molecule has 0 aromatic heterocycles. The molecule has 1 fully saturated rings. The zero-order valence-electron chi connectivity index (χ0n) is 11.3. The van der Waals surface area contributed by atoms with Crippen molar-refractivity contribution in [1.29, 1.82) is 0 Å². The summed E-state index contributed by atoms with van der Waals surface area (Å²) in [7, 11) is 1.67. The van der Waals surface area contributed by atoms with E-state index >= 15 is 0 Å². The van der Waals surface area contributed by atoms with Gasteiger partial charge in [0, 0.05) is 18.7 Å². The van der Waals surface area contributed by atoms with E-state index in [1.807, 2.05) is 0 Å². The Kier molecular flexibility index (Phi) is 5.29. The Balaban J connectivity index is 2.03. The Hall–Kier alpha value is -0.100. The van der Waals surface area contributed by atoms with E-state index in [0.717, 1.165) is 47.3 Å². The molecule has 0 bridgehead atoms. The Morgan fingerprint density at radius 1 is 1.37 bits per heavy atom. The maximum absolute atomic E-state index is 5.56. The van der Waals surface area contributed by atoms with Crippen LogP contribution < -0.4 is 10.1 Å². The summed E-state index contributed by atoms with van der Waals surface area (Å²) in [5, 5.41) is 3.60. The number of hydrogen-bond acceptors (Lipinski definition) is 3. The van der Waals surface area contributed by atoms with Gasteiger partial charge in [0.15, 0.2) is 0 Å². The van der Waals surface area contributed by atoms with Crippen molar-refractivity contribution in [2.45, 2.75) is 31.8 Å². The Labute approximate surface area is 131 Å². The highest BCUT2D eigenvalue weighted by atomic mass is 79.9. The number of ether oxygens (including phenoxy) is 2. The largest absolute Gasteiger partial charge is 0.494 e. The van der Waals surface area contributed by atoms with Gasteiger partial charge in [-0.15, -0.1) is 0 Å². The van der Waals surface area contributed by atoms with Crippen LogP contribution in [0, 0.1) is 0 Å². The monoisotopic (exact) mass is 391 g/mol. The lowest BCUT2D eigenvalue weighted by Gasteiger charge is -2.34. The first-order chi connectivity index (χ1) is 9.04. The lowest BCUT2D eigenvalue weighted by molar-refractivity contribution is 0.0278. The van der Waals surface area contributed by atoms with E-state index in [1.165, 1.54) is 5.56 Å². The minimum Gasteiger partial charge on any atom is -0.494 e.